The summed E-state index contributed by atoms with van der Waals surface area (Å²) in [5, 5.41) is 0.630. The molecule has 0 aliphatic carbocycles. The van der Waals surface area contributed by atoms with Crippen molar-refractivity contribution in [3.05, 3.63) is 94.6 Å². The van der Waals surface area contributed by atoms with E-state index in [1.165, 1.54) is 0 Å². The molecule has 0 aliphatic rings. The Morgan fingerprint density at radius 3 is 2.17 bits per heavy atom. The van der Waals surface area contributed by atoms with Gasteiger partial charge in [0.25, 0.3) is 0 Å². The van der Waals surface area contributed by atoms with Gasteiger partial charge in [-0.3, -0.25) is 0 Å². The Kier molecular flexibility index (Phi) is 5.75. The standard InChI is InChI=1S/C15H11O2.C5H5.Fe/c1-10-6-7-12-13(16)9-14(17-15(12)8-10)11-4-2-3-5-11;1-2-4-5-3-1;/h2-9H,1H3;1-5H;/q-1;-5;. The molecule has 1 aromatic heterocycles. The molecule has 0 bridgehead atoms. The van der Waals surface area contributed by atoms with E-state index in [1.807, 2.05) is 79.7 Å². The third-order valence-electron chi connectivity index (χ3n) is 3.39. The van der Waals surface area contributed by atoms with E-state index in [2.05, 4.69) is 0 Å². The zero-order valence-electron chi connectivity index (χ0n) is 12.7. The van der Waals surface area contributed by atoms with Crippen molar-refractivity contribution in [2.75, 3.05) is 0 Å². The number of fused-ring (bicyclic) bond motifs is 1. The van der Waals surface area contributed by atoms with E-state index in [9.17, 15) is 4.79 Å². The van der Waals surface area contributed by atoms with E-state index >= 15 is 0 Å². The Labute approximate surface area is 145 Å². The van der Waals surface area contributed by atoms with Crippen LogP contribution in [0.4, 0.5) is 0 Å². The maximum absolute atomic E-state index is 11.9. The van der Waals surface area contributed by atoms with E-state index in [1.54, 1.807) is 6.07 Å². The maximum atomic E-state index is 11.9. The van der Waals surface area contributed by atoms with E-state index in [0.29, 0.717) is 16.7 Å². The van der Waals surface area contributed by atoms with Crippen molar-refractivity contribution in [2.24, 2.45) is 0 Å². The smallest absolute Gasteiger partial charge is 0.153 e. The first-order valence-corrected chi connectivity index (χ1v) is 7.17. The van der Waals surface area contributed by atoms with Crippen LogP contribution in [0.3, 0.4) is 0 Å². The second-order valence-electron chi connectivity index (χ2n) is 5.11. The second-order valence-corrected chi connectivity index (χ2v) is 5.11. The maximum Gasteiger partial charge on any atom is 0.153 e. The van der Waals surface area contributed by atoms with Gasteiger partial charge in [-0.1, -0.05) is 11.6 Å². The van der Waals surface area contributed by atoms with Crippen molar-refractivity contribution in [1.82, 2.24) is 0 Å². The summed E-state index contributed by atoms with van der Waals surface area (Å²) >= 11 is 0. The molecule has 0 radical (unpaired) electrons. The first-order valence-electron chi connectivity index (χ1n) is 7.17. The minimum absolute atomic E-state index is 0. The van der Waals surface area contributed by atoms with E-state index in [4.69, 9.17) is 4.42 Å². The zero-order chi connectivity index (χ0) is 15.4. The molecule has 0 N–H and O–H groups in total. The van der Waals surface area contributed by atoms with Gasteiger partial charge in [-0.25, -0.2) is 0 Å². The predicted molar refractivity (Wildman–Crippen MR) is 90.3 cm³/mol. The Morgan fingerprint density at radius 1 is 0.957 bits per heavy atom. The fraction of sp³-hybridized carbons (Fsp3) is 0.0500. The van der Waals surface area contributed by atoms with Gasteiger partial charge in [0.2, 0.25) is 0 Å². The van der Waals surface area contributed by atoms with Gasteiger partial charge in [0, 0.05) is 17.1 Å². The minimum Gasteiger partial charge on any atom is -0.748 e. The number of rotatable bonds is 1. The molecule has 0 amide bonds. The van der Waals surface area contributed by atoms with Gasteiger partial charge in [-0.05, 0) is 30.7 Å². The van der Waals surface area contributed by atoms with Gasteiger partial charge < -0.3 is 39.5 Å². The predicted octanol–water partition coefficient (Wildman–Crippen LogP) is 4.89. The molecule has 3 aromatic carbocycles. The van der Waals surface area contributed by atoms with Gasteiger partial charge in [-0.2, -0.15) is 12.1 Å². The van der Waals surface area contributed by atoms with Crippen molar-refractivity contribution in [2.45, 2.75) is 6.92 Å². The molecule has 122 valence electrons. The minimum atomic E-state index is 0. The molecule has 1 heterocycles. The molecule has 0 atom stereocenters. The Morgan fingerprint density at radius 2 is 1.57 bits per heavy atom. The van der Waals surface area contributed by atoms with Crippen molar-refractivity contribution in [3.8, 4) is 11.3 Å². The summed E-state index contributed by atoms with van der Waals surface area (Å²) in [6.45, 7) is 1.98. The van der Waals surface area contributed by atoms with Crippen LogP contribution in [0.15, 0.2) is 88.1 Å². The van der Waals surface area contributed by atoms with Crippen LogP contribution in [-0.2, 0) is 17.1 Å². The van der Waals surface area contributed by atoms with Crippen LogP contribution in [0.1, 0.15) is 5.56 Å². The summed E-state index contributed by atoms with van der Waals surface area (Å²) in [7, 11) is 0. The summed E-state index contributed by atoms with van der Waals surface area (Å²) in [5.74, 6) is 0.623. The van der Waals surface area contributed by atoms with Gasteiger partial charge in [0.05, 0.1) is 11.1 Å². The summed E-state index contributed by atoms with van der Waals surface area (Å²) < 4.78 is 5.77. The fourth-order valence-electron chi connectivity index (χ4n) is 2.26. The topological polar surface area (TPSA) is 30.2 Å². The fourth-order valence-corrected chi connectivity index (χ4v) is 2.26. The first kappa shape index (κ1) is 17.0. The number of hydrogen-bond donors (Lipinski definition) is 0. The second kappa shape index (κ2) is 7.77. The summed E-state index contributed by atoms with van der Waals surface area (Å²) in [6, 6.07) is 24.9. The molecule has 3 heteroatoms. The average Bonchev–Trinajstić information content (AvgIpc) is 3.23. The van der Waals surface area contributed by atoms with Crippen LogP contribution >= 0.6 is 0 Å². The molecule has 4 aromatic rings. The summed E-state index contributed by atoms with van der Waals surface area (Å²) in [5.41, 5.74) is 2.67. The molecule has 0 fully saturated rings. The Balaban J connectivity index is 0.000000276. The normalized spacial score (nSPS) is 9.78. The van der Waals surface area contributed by atoms with Gasteiger partial charge in [0.15, 0.2) is 5.43 Å². The van der Waals surface area contributed by atoms with Gasteiger partial charge in [-0.15, -0.1) is 12.1 Å². The first-order chi connectivity index (χ1) is 10.7. The SMILES string of the molecule is Cc1ccc2c(=O)cc(-[c-]3cccc3)oc2c1.[Fe].[cH-]1[cH-][cH-][cH-][cH-]1. The van der Waals surface area contributed by atoms with Crippen molar-refractivity contribution >= 4 is 11.0 Å². The number of hydrogen-bond acceptors (Lipinski definition) is 2. The van der Waals surface area contributed by atoms with E-state index in [0.717, 1.165) is 11.1 Å². The van der Waals surface area contributed by atoms with Crippen molar-refractivity contribution in [3.63, 3.8) is 0 Å². The van der Waals surface area contributed by atoms with E-state index in [-0.39, 0.29) is 22.5 Å². The molecule has 2 nitrogen and oxygen atoms in total. The number of benzene rings is 1. The van der Waals surface area contributed by atoms with Crippen molar-refractivity contribution in [1.29, 1.82) is 0 Å². The Hall–Kier alpha value is -2.35. The molecular formula is C20H16FeO2-6. The van der Waals surface area contributed by atoms with Crippen LogP contribution < -0.4 is 5.43 Å². The monoisotopic (exact) mass is 344 g/mol. The third kappa shape index (κ3) is 4.10. The van der Waals surface area contributed by atoms with Crippen molar-refractivity contribution < 1.29 is 21.5 Å². The quantitative estimate of drug-likeness (QED) is 0.364. The van der Waals surface area contributed by atoms with Crippen LogP contribution in [0.5, 0.6) is 0 Å². The summed E-state index contributed by atoms with van der Waals surface area (Å²) in [6.07, 6.45) is 0. The molecule has 0 saturated carbocycles. The van der Waals surface area contributed by atoms with Gasteiger partial charge >= 0.3 is 0 Å². The Bertz CT molecular complexity index is 883. The zero-order valence-corrected chi connectivity index (χ0v) is 13.8. The number of aryl methyl sites for hydroxylation is 1. The van der Waals surface area contributed by atoms with Crippen LogP contribution in [0.25, 0.3) is 22.3 Å². The third-order valence-corrected chi connectivity index (χ3v) is 3.39. The van der Waals surface area contributed by atoms with Crippen LogP contribution in [0, 0.1) is 6.92 Å². The van der Waals surface area contributed by atoms with Crippen LogP contribution in [-0.4, -0.2) is 0 Å². The average molecular weight is 344 g/mol. The van der Waals surface area contributed by atoms with Gasteiger partial charge in [0.1, 0.15) is 5.58 Å². The summed E-state index contributed by atoms with van der Waals surface area (Å²) in [4.78, 5) is 11.9. The molecule has 4 rings (SSSR count). The van der Waals surface area contributed by atoms with E-state index < -0.39 is 0 Å². The molecule has 0 aliphatic heterocycles. The largest absolute Gasteiger partial charge is 0.748 e. The molecule has 0 spiro atoms. The van der Waals surface area contributed by atoms with Crippen LogP contribution in [0.2, 0.25) is 0 Å². The molecule has 0 unspecified atom stereocenters. The molecule has 0 saturated heterocycles. The molecule has 23 heavy (non-hydrogen) atoms. The molecular weight excluding hydrogens is 328 g/mol.